The molecule has 1 fully saturated rings. The van der Waals surface area contributed by atoms with Crippen LogP contribution in [0.25, 0.3) is 0 Å². The molecule has 0 aromatic rings. The summed E-state index contributed by atoms with van der Waals surface area (Å²) in [6.45, 7) is 4.12. The molecule has 0 heterocycles. The number of hydrogen-bond acceptors (Lipinski definition) is 1. The van der Waals surface area contributed by atoms with Crippen LogP contribution in [0.2, 0.25) is 0 Å². The Morgan fingerprint density at radius 1 is 1.45 bits per heavy atom. The molecule has 1 saturated carbocycles. The van der Waals surface area contributed by atoms with E-state index in [9.17, 15) is 4.21 Å². The second-order valence-electron chi connectivity index (χ2n) is 3.88. The van der Waals surface area contributed by atoms with Crippen molar-refractivity contribution in [1.82, 2.24) is 0 Å². The zero-order valence-electron chi connectivity index (χ0n) is 7.17. The zero-order chi connectivity index (χ0) is 8.48. The van der Waals surface area contributed by atoms with Crippen LogP contribution in [0, 0.1) is 5.92 Å². The molecule has 1 aliphatic rings. The lowest BCUT2D eigenvalue weighted by Gasteiger charge is -2.32. The molecule has 1 rings (SSSR count). The second-order valence-corrected chi connectivity index (χ2v) is 5.37. The van der Waals surface area contributed by atoms with Gasteiger partial charge in [-0.15, -0.1) is 0 Å². The van der Waals surface area contributed by atoms with Gasteiger partial charge in [-0.2, -0.15) is 0 Å². The smallest absolute Gasteiger partial charge is 0.158 e. The summed E-state index contributed by atoms with van der Waals surface area (Å²) in [5.74, 6) is 0.742. The van der Waals surface area contributed by atoms with E-state index in [1.54, 1.807) is 0 Å². The first-order valence-corrected chi connectivity index (χ1v) is 5.26. The van der Waals surface area contributed by atoms with Crippen molar-refractivity contribution in [3.05, 3.63) is 0 Å². The highest BCUT2D eigenvalue weighted by Crippen LogP contribution is 2.34. The summed E-state index contributed by atoms with van der Waals surface area (Å²) in [4.78, 5) is 0. The van der Waals surface area contributed by atoms with Crippen molar-refractivity contribution in [2.45, 2.75) is 44.3 Å². The van der Waals surface area contributed by atoms with Crippen LogP contribution in [0.15, 0.2) is 0 Å². The van der Waals surface area contributed by atoms with Crippen LogP contribution >= 0.6 is 0 Å². The van der Waals surface area contributed by atoms with E-state index in [0.717, 1.165) is 31.6 Å². The van der Waals surface area contributed by atoms with Crippen LogP contribution in [-0.2, 0) is 11.1 Å². The molecule has 1 atom stereocenters. The Balaban J connectivity index is 2.55. The molecular formula is C8H16O2S. The van der Waals surface area contributed by atoms with Crippen molar-refractivity contribution < 1.29 is 8.76 Å². The minimum absolute atomic E-state index is 0.313. The molecule has 0 radical (unpaired) electrons. The predicted octanol–water partition coefficient (Wildman–Crippen LogP) is 2.18. The summed E-state index contributed by atoms with van der Waals surface area (Å²) in [6.07, 6.45) is 4.00. The predicted molar refractivity (Wildman–Crippen MR) is 46.8 cm³/mol. The quantitative estimate of drug-likeness (QED) is 0.622. The monoisotopic (exact) mass is 176 g/mol. The molecule has 0 aromatic carbocycles. The summed E-state index contributed by atoms with van der Waals surface area (Å²) in [5, 5.41) is 0. The Morgan fingerprint density at radius 2 is 1.91 bits per heavy atom. The molecule has 1 unspecified atom stereocenters. The van der Waals surface area contributed by atoms with Crippen LogP contribution < -0.4 is 0 Å². The van der Waals surface area contributed by atoms with Crippen LogP contribution in [0.4, 0.5) is 0 Å². The Hall–Kier alpha value is 0.110. The standard InChI is InChI=1S/C8H16O2S/c1-7-3-5-8(2,6-4-7)11(9)10/h7H,3-6H2,1-2H3,(H,9,10). The first-order chi connectivity index (χ1) is 5.04. The molecule has 0 amide bonds. The zero-order valence-corrected chi connectivity index (χ0v) is 7.99. The van der Waals surface area contributed by atoms with Gasteiger partial charge in [0.15, 0.2) is 11.1 Å². The van der Waals surface area contributed by atoms with E-state index < -0.39 is 11.1 Å². The fourth-order valence-corrected chi connectivity index (χ4v) is 2.13. The number of hydrogen-bond donors (Lipinski definition) is 1. The Bertz CT molecular complexity index is 159. The van der Waals surface area contributed by atoms with Gasteiger partial charge in [-0.25, -0.2) is 4.21 Å². The minimum atomic E-state index is -1.63. The van der Waals surface area contributed by atoms with Crippen molar-refractivity contribution in [2.75, 3.05) is 0 Å². The van der Waals surface area contributed by atoms with Crippen molar-refractivity contribution in [2.24, 2.45) is 5.92 Å². The van der Waals surface area contributed by atoms with Crippen molar-refractivity contribution in [1.29, 1.82) is 0 Å². The van der Waals surface area contributed by atoms with Gasteiger partial charge in [0.2, 0.25) is 0 Å². The minimum Gasteiger partial charge on any atom is -0.306 e. The molecule has 0 saturated heterocycles. The fraction of sp³-hybridized carbons (Fsp3) is 1.00. The van der Waals surface area contributed by atoms with Gasteiger partial charge >= 0.3 is 0 Å². The van der Waals surface area contributed by atoms with E-state index in [0.29, 0.717) is 0 Å². The number of rotatable bonds is 1. The molecular weight excluding hydrogens is 160 g/mol. The van der Waals surface area contributed by atoms with Gasteiger partial charge in [0.1, 0.15) is 0 Å². The summed E-state index contributed by atoms with van der Waals surface area (Å²) in [5.41, 5.74) is 0. The van der Waals surface area contributed by atoms with Gasteiger partial charge in [0, 0.05) is 0 Å². The molecule has 0 bridgehead atoms. The summed E-state index contributed by atoms with van der Waals surface area (Å²) in [6, 6.07) is 0. The lowest BCUT2D eigenvalue weighted by atomic mass is 9.83. The average molecular weight is 176 g/mol. The lowest BCUT2D eigenvalue weighted by Crippen LogP contribution is -2.34. The largest absolute Gasteiger partial charge is 0.306 e. The van der Waals surface area contributed by atoms with Crippen molar-refractivity contribution in [3.63, 3.8) is 0 Å². The highest BCUT2D eigenvalue weighted by atomic mass is 32.2. The molecule has 1 aliphatic carbocycles. The van der Waals surface area contributed by atoms with E-state index in [2.05, 4.69) is 6.92 Å². The average Bonchev–Trinajstić information content (AvgIpc) is 1.95. The van der Waals surface area contributed by atoms with Gasteiger partial charge < -0.3 is 4.55 Å². The maximum Gasteiger partial charge on any atom is 0.158 e. The van der Waals surface area contributed by atoms with Crippen LogP contribution in [0.3, 0.4) is 0 Å². The molecule has 0 aromatic heterocycles. The molecule has 66 valence electrons. The topological polar surface area (TPSA) is 37.3 Å². The van der Waals surface area contributed by atoms with Gasteiger partial charge in [-0.1, -0.05) is 6.92 Å². The van der Waals surface area contributed by atoms with E-state index in [4.69, 9.17) is 4.55 Å². The van der Waals surface area contributed by atoms with Crippen molar-refractivity contribution >= 4 is 11.1 Å². The van der Waals surface area contributed by atoms with Gasteiger partial charge in [0.25, 0.3) is 0 Å². The van der Waals surface area contributed by atoms with E-state index in [1.165, 1.54) is 0 Å². The Kier molecular flexibility index (Phi) is 2.70. The summed E-state index contributed by atoms with van der Waals surface area (Å²) in [7, 11) is 0. The third-order valence-electron chi connectivity index (χ3n) is 2.75. The third-order valence-corrected chi connectivity index (χ3v) is 4.00. The maximum absolute atomic E-state index is 10.9. The highest BCUT2D eigenvalue weighted by Gasteiger charge is 2.34. The molecule has 3 heteroatoms. The van der Waals surface area contributed by atoms with Gasteiger partial charge in [0.05, 0.1) is 4.75 Å². The summed E-state index contributed by atoms with van der Waals surface area (Å²) < 4.78 is 19.6. The lowest BCUT2D eigenvalue weighted by molar-refractivity contribution is 0.317. The normalized spacial score (nSPS) is 41.9. The molecule has 2 nitrogen and oxygen atoms in total. The van der Waals surface area contributed by atoms with Crippen LogP contribution in [0.5, 0.6) is 0 Å². The van der Waals surface area contributed by atoms with Crippen molar-refractivity contribution in [3.8, 4) is 0 Å². The van der Waals surface area contributed by atoms with E-state index in [1.807, 2.05) is 6.92 Å². The fourth-order valence-electron chi connectivity index (χ4n) is 1.55. The maximum atomic E-state index is 10.9. The van der Waals surface area contributed by atoms with Crippen LogP contribution in [0.1, 0.15) is 39.5 Å². The molecule has 11 heavy (non-hydrogen) atoms. The van der Waals surface area contributed by atoms with Gasteiger partial charge in [-0.3, -0.25) is 0 Å². The SMILES string of the molecule is CC1CCC(C)(S(=O)O)CC1. The summed E-state index contributed by atoms with van der Waals surface area (Å²) >= 11 is -1.63. The third kappa shape index (κ3) is 2.03. The van der Waals surface area contributed by atoms with Gasteiger partial charge in [-0.05, 0) is 38.5 Å². The Labute approximate surface area is 70.7 Å². The Morgan fingerprint density at radius 3 is 2.27 bits per heavy atom. The second kappa shape index (κ2) is 3.23. The van der Waals surface area contributed by atoms with Crippen LogP contribution in [-0.4, -0.2) is 13.5 Å². The molecule has 1 N–H and O–H groups in total. The van der Waals surface area contributed by atoms with E-state index >= 15 is 0 Å². The first-order valence-electron chi connectivity index (χ1n) is 4.15. The first kappa shape index (κ1) is 9.20. The van der Waals surface area contributed by atoms with E-state index in [-0.39, 0.29) is 4.75 Å². The molecule has 0 spiro atoms. The highest BCUT2D eigenvalue weighted by molar-refractivity contribution is 7.80. The molecule has 0 aliphatic heterocycles.